The van der Waals surface area contributed by atoms with E-state index in [1.807, 2.05) is 0 Å². The molecule has 0 unspecified atom stereocenters. The molecule has 132 valence electrons. The van der Waals surface area contributed by atoms with Gasteiger partial charge in [0.05, 0.1) is 23.7 Å². The summed E-state index contributed by atoms with van der Waals surface area (Å²) in [5.74, 6) is -0.533. The van der Waals surface area contributed by atoms with Gasteiger partial charge in [0.2, 0.25) is 5.91 Å². The largest absolute Gasteiger partial charge is 0.459 e. The van der Waals surface area contributed by atoms with Gasteiger partial charge in [-0.1, -0.05) is 24.4 Å². The predicted molar refractivity (Wildman–Crippen MR) is 95.0 cm³/mol. The van der Waals surface area contributed by atoms with Crippen LogP contribution in [0.3, 0.4) is 0 Å². The van der Waals surface area contributed by atoms with Crippen molar-refractivity contribution in [3.63, 3.8) is 0 Å². The van der Waals surface area contributed by atoms with E-state index in [0.717, 1.165) is 25.7 Å². The molecule has 2 amide bonds. The van der Waals surface area contributed by atoms with E-state index in [0.29, 0.717) is 16.4 Å². The first-order chi connectivity index (χ1) is 12.1. The molecule has 1 aromatic carbocycles. The first-order valence-electron chi connectivity index (χ1n) is 8.17. The van der Waals surface area contributed by atoms with Crippen LogP contribution in [-0.2, 0) is 9.53 Å². The van der Waals surface area contributed by atoms with E-state index >= 15 is 0 Å². The standard InChI is InChI=1S/C18H19ClN2O4/c19-12-7-8-14(20-17(22)11-25-13-4-1-2-5-13)15(10-12)21-18(23)16-6-3-9-24-16/h3,6-10,13H,1-2,4-5,11H2,(H,20,22)(H,21,23). The molecule has 0 radical (unpaired) electrons. The summed E-state index contributed by atoms with van der Waals surface area (Å²) in [5.41, 5.74) is 0.840. The Morgan fingerprint density at radius 2 is 1.96 bits per heavy atom. The van der Waals surface area contributed by atoms with Crippen molar-refractivity contribution in [1.29, 1.82) is 0 Å². The summed E-state index contributed by atoms with van der Waals surface area (Å²) in [5, 5.41) is 5.87. The van der Waals surface area contributed by atoms with Crippen LogP contribution in [0.25, 0.3) is 0 Å². The Balaban J connectivity index is 1.64. The number of furan rings is 1. The molecule has 3 rings (SSSR count). The zero-order valence-corrected chi connectivity index (χ0v) is 14.3. The lowest BCUT2D eigenvalue weighted by Crippen LogP contribution is -2.23. The Morgan fingerprint density at radius 3 is 2.68 bits per heavy atom. The van der Waals surface area contributed by atoms with Crippen LogP contribution in [0.2, 0.25) is 5.02 Å². The van der Waals surface area contributed by atoms with Gasteiger partial charge in [0.15, 0.2) is 5.76 Å². The minimum Gasteiger partial charge on any atom is -0.459 e. The minimum atomic E-state index is -0.426. The molecule has 2 N–H and O–H groups in total. The van der Waals surface area contributed by atoms with E-state index in [4.69, 9.17) is 20.8 Å². The molecule has 0 aliphatic heterocycles. The molecule has 1 aliphatic rings. The summed E-state index contributed by atoms with van der Waals surface area (Å²) in [4.78, 5) is 24.3. The summed E-state index contributed by atoms with van der Waals surface area (Å²) in [6, 6.07) is 8.00. The first kappa shape index (κ1) is 17.5. The molecule has 1 heterocycles. The number of carbonyl (C=O) groups excluding carboxylic acids is 2. The van der Waals surface area contributed by atoms with Gasteiger partial charge in [0.1, 0.15) is 6.61 Å². The van der Waals surface area contributed by atoms with Gasteiger partial charge in [-0.3, -0.25) is 9.59 Å². The summed E-state index contributed by atoms with van der Waals surface area (Å²) < 4.78 is 10.7. The maximum absolute atomic E-state index is 12.1. The van der Waals surface area contributed by atoms with Crippen molar-refractivity contribution in [2.24, 2.45) is 0 Å². The molecule has 1 fully saturated rings. The molecule has 7 heteroatoms. The van der Waals surface area contributed by atoms with Crippen LogP contribution in [0.15, 0.2) is 41.0 Å². The van der Waals surface area contributed by atoms with Crippen molar-refractivity contribution in [2.45, 2.75) is 31.8 Å². The third-order valence-electron chi connectivity index (χ3n) is 4.00. The second-order valence-electron chi connectivity index (χ2n) is 5.89. The zero-order valence-electron chi connectivity index (χ0n) is 13.6. The van der Waals surface area contributed by atoms with Crippen molar-refractivity contribution in [1.82, 2.24) is 0 Å². The van der Waals surface area contributed by atoms with E-state index in [1.165, 1.54) is 6.26 Å². The van der Waals surface area contributed by atoms with Gasteiger partial charge >= 0.3 is 0 Å². The van der Waals surface area contributed by atoms with Crippen molar-refractivity contribution in [2.75, 3.05) is 17.2 Å². The monoisotopic (exact) mass is 362 g/mol. The van der Waals surface area contributed by atoms with Gasteiger partial charge in [-0.2, -0.15) is 0 Å². The van der Waals surface area contributed by atoms with Crippen molar-refractivity contribution in [3.05, 3.63) is 47.4 Å². The van der Waals surface area contributed by atoms with Gasteiger partial charge in [-0.25, -0.2) is 0 Å². The van der Waals surface area contributed by atoms with Crippen molar-refractivity contribution < 1.29 is 18.7 Å². The van der Waals surface area contributed by atoms with Gasteiger partial charge in [-0.05, 0) is 43.2 Å². The molecule has 1 aliphatic carbocycles. The molecule has 0 atom stereocenters. The second-order valence-corrected chi connectivity index (χ2v) is 6.32. The molecule has 0 spiro atoms. The highest BCUT2D eigenvalue weighted by Crippen LogP contribution is 2.27. The number of nitrogens with one attached hydrogen (secondary N) is 2. The first-order valence-corrected chi connectivity index (χ1v) is 8.55. The molecule has 0 saturated heterocycles. The molecule has 1 saturated carbocycles. The third kappa shape index (κ3) is 4.84. The molecule has 0 bridgehead atoms. The fourth-order valence-electron chi connectivity index (χ4n) is 2.76. The van der Waals surface area contributed by atoms with E-state index < -0.39 is 5.91 Å². The van der Waals surface area contributed by atoms with Crippen LogP contribution in [-0.4, -0.2) is 24.5 Å². The van der Waals surface area contributed by atoms with Crippen LogP contribution >= 0.6 is 11.6 Å². The lowest BCUT2D eigenvalue weighted by molar-refractivity contribution is -0.122. The van der Waals surface area contributed by atoms with E-state index in [1.54, 1.807) is 30.3 Å². The van der Waals surface area contributed by atoms with Gasteiger partial charge < -0.3 is 19.8 Å². The number of anilines is 2. The molecule has 1 aromatic heterocycles. The SMILES string of the molecule is O=C(COC1CCCC1)Nc1ccc(Cl)cc1NC(=O)c1ccco1. The van der Waals surface area contributed by atoms with Crippen LogP contribution in [0.1, 0.15) is 36.2 Å². The predicted octanol–water partition coefficient (Wildman–Crippen LogP) is 4.08. The Labute approximate surface area is 150 Å². The lowest BCUT2D eigenvalue weighted by Gasteiger charge is -2.14. The third-order valence-corrected chi connectivity index (χ3v) is 4.24. The minimum absolute atomic E-state index is 0.0150. The van der Waals surface area contributed by atoms with Crippen LogP contribution in [0.5, 0.6) is 0 Å². The fraction of sp³-hybridized carbons (Fsp3) is 0.333. The van der Waals surface area contributed by atoms with E-state index in [-0.39, 0.29) is 24.4 Å². The highest BCUT2D eigenvalue weighted by Gasteiger charge is 2.18. The molecular weight excluding hydrogens is 344 g/mol. The average molecular weight is 363 g/mol. The van der Waals surface area contributed by atoms with Crippen LogP contribution < -0.4 is 10.6 Å². The van der Waals surface area contributed by atoms with Crippen LogP contribution in [0.4, 0.5) is 11.4 Å². The number of ether oxygens (including phenoxy) is 1. The number of carbonyl (C=O) groups is 2. The van der Waals surface area contributed by atoms with Crippen molar-refractivity contribution in [3.8, 4) is 0 Å². The molecular formula is C18H19ClN2O4. The summed E-state index contributed by atoms with van der Waals surface area (Å²) in [7, 11) is 0. The van der Waals surface area contributed by atoms with Crippen LogP contribution in [0, 0.1) is 0 Å². The number of hydrogen-bond acceptors (Lipinski definition) is 4. The highest BCUT2D eigenvalue weighted by molar-refractivity contribution is 6.31. The van der Waals surface area contributed by atoms with Gasteiger partial charge in [-0.15, -0.1) is 0 Å². The average Bonchev–Trinajstić information content (AvgIpc) is 3.29. The quantitative estimate of drug-likeness (QED) is 0.811. The second kappa shape index (κ2) is 8.18. The summed E-state index contributed by atoms with van der Waals surface area (Å²) in [6.07, 6.45) is 5.86. The number of hydrogen-bond donors (Lipinski definition) is 2. The Morgan fingerprint density at radius 1 is 1.16 bits per heavy atom. The van der Waals surface area contributed by atoms with E-state index in [9.17, 15) is 9.59 Å². The molecule has 2 aromatic rings. The lowest BCUT2D eigenvalue weighted by atomic mass is 10.2. The fourth-order valence-corrected chi connectivity index (χ4v) is 2.93. The zero-order chi connectivity index (χ0) is 17.6. The van der Waals surface area contributed by atoms with E-state index in [2.05, 4.69) is 10.6 Å². The number of halogens is 1. The smallest absolute Gasteiger partial charge is 0.291 e. The molecule has 25 heavy (non-hydrogen) atoms. The normalized spacial score (nSPS) is 14.4. The maximum Gasteiger partial charge on any atom is 0.291 e. The Bertz CT molecular complexity index is 740. The molecule has 6 nitrogen and oxygen atoms in total. The topological polar surface area (TPSA) is 80.6 Å². The number of rotatable bonds is 6. The number of amides is 2. The highest BCUT2D eigenvalue weighted by atomic mass is 35.5. The summed E-state index contributed by atoms with van der Waals surface area (Å²) in [6.45, 7) is -0.0150. The van der Waals surface area contributed by atoms with Crippen molar-refractivity contribution >= 4 is 34.8 Å². The van der Waals surface area contributed by atoms with Gasteiger partial charge in [0.25, 0.3) is 5.91 Å². The number of benzene rings is 1. The Hall–Kier alpha value is -2.31. The Kier molecular flexibility index (Phi) is 5.73. The van der Waals surface area contributed by atoms with Gasteiger partial charge in [0, 0.05) is 5.02 Å². The summed E-state index contributed by atoms with van der Waals surface area (Å²) >= 11 is 6.00. The maximum atomic E-state index is 12.1.